The summed E-state index contributed by atoms with van der Waals surface area (Å²) in [4.78, 5) is 23.5. The number of hydrogen-bond donors (Lipinski definition) is 4. The third-order valence-electron chi connectivity index (χ3n) is 4.13. The van der Waals surface area contributed by atoms with Crippen LogP contribution < -0.4 is 0 Å². The van der Waals surface area contributed by atoms with Crippen LogP contribution in [0.15, 0.2) is 0 Å². The lowest BCUT2D eigenvalue weighted by molar-refractivity contribution is -0.124. The topological polar surface area (TPSA) is 149 Å². The molecule has 0 aliphatic rings. The predicted octanol–water partition coefficient (Wildman–Crippen LogP) is 3.13. The summed E-state index contributed by atoms with van der Waals surface area (Å²) < 4.78 is 56.4. The van der Waals surface area contributed by atoms with Crippen LogP contribution in [0.5, 0.6) is 0 Å². The fraction of sp³-hybridized carbons (Fsp3) is 0.857. The van der Waals surface area contributed by atoms with Gasteiger partial charge < -0.3 is 13.7 Å². The van der Waals surface area contributed by atoms with Crippen LogP contribution in [0.4, 0.5) is 0 Å². The highest BCUT2D eigenvalue weighted by Crippen LogP contribution is 2.50. The monoisotopic (exact) mass is 388 g/mol. The van der Waals surface area contributed by atoms with Crippen molar-refractivity contribution in [2.24, 2.45) is 0 Å². The van der Waals surface area contributed by atoms with Gasteiger partial charge in [-0.1, -0.05) is 0 Å². The number of carbonyl (C=O) groups excluding carboxylic acids is 2. The number of ketones is 2. The summed E-state index contributed by atoms with van der Waals surface area (Å²) in [6, 6.07) is 0. The Balaban J connectivity index is 4.28. The van der Waals surface area contributed by atoms with Crippen LogP contribution in [0.3, 0.4) is 0 Å². The molecule has 0 amide bonds. The third-order valence-corrected chi connectivity index (χ3v) is 7.42. The standard InChI is InChI=1S/C14H28O8S2/c1-13(2,23(17,18)19)9-7-11(15)5-6-12(16)8-10-14(3,4)24(20,21)22/h17-19H,5-10H2,1-4H3,(H,20,21,22). The van der Waals surface area contributed by atoms with Crippen LogP contribution >= 0.6 is 10.9 Å². The first kappa shape index (κ1) is 23.5. The van der Waals surface area contributed by atoms with E-state index in [1.807, 2.05) is 0 Å². The normalized spacial score (nSPS) is 14.5. The van der Waals surface area contributed by atoms with Gasteiger partial charge in [0.15, 0.2) is 0 Å². The predicted molar refractivity (Wildman–Crippen MR) is 92.9 cm³/mol. The SMILES string of the molecule is CC(C)(CCC(=O)CCC(=O)CCC(C)(C)S(=O)(=O)O)S(O)(O)O. The summed E-state index contributed by atoms with van der Waals surface area (Å²) in [5, 5.41) is 0. The van der Waals surface area contributed by atoms with E-state index in [1.54, 1.807) is 0 Å². The second kappa shape index (κ2) is 8.24. The number of carbonyl (C=O) groups is 2. The maximum atomic E-state index is 11.8. The molecule has 144 valence electrons. The van der Waals surface area contributed by atoms with Crippen molar-refractivity contribution in [2.75, 3.05) is 0 Å². The molecular weight excluding hydrogens is 360 g/mol. The zero-order valence-corrected chi connectivity index (χ0v) is 16.1. The zero-order chi connectivity index (χ0) is 19.4. The van der Waals surface area contributed by atoms with E-state index in [2.05, 4.69) is 0 Å². The fourth-order valence-corrected chi connectivity index (χ4v) is 2.41. The number of rotatable bonds is 11. The fourth-order valence-electron chi connectivity index (χ4n) is 1.68. The van der Waals surface area contributed by atoms with Crippen LogP contribution in [0, 0.1) is 0 Å². The molecule has 0 saturated heterocycles. The summed E-state index contributed by atoms with van der Waals surface area (Å²) in [5.74, 6) is -0.542. The van der Waals surface area contributed by atoms with Crippen molar-refractivity contribution in [1.29, 1.82) is 0 Å². The van der Waals surface area contributed by atoms with E-state index in [9.17, 15) is 31.7 Å². The molecule has 0 aliphatic heterocycles. The Bertz CT molecular complexity index is 558. The van der Waals surface area contributed by atoms with Crippen LogP contribution in [0.1, 0.15) is 66.2 Å². The molecule has 0 aromatic carbocycles. The van der Waals surface area contributed by atoms with Crippen molar-refractivity contribution in [1.82, 2.24) is 0 Å². The first-order valence-electron chi connectivity index (χ1n) is 7.50. The van der Waals surface area contributed by atoms with Gasteiger partial charge in [-0.25, -0.2) is 0 Å². The molecule has 0 rings (SSSR count). The lowest BCUT2D eigenvalue weighted by Gasteiger charge is -2.36. The first-order chi connectivity index (χ1) is 10.5. The molecule has 0 aromatic rings. The highest BCUT2D eigenvalue weighted by molar-refractivity contribution is 8.20. The van der Waals surface area contributed by atoms with Crippen LogP contribution in [0.25, 0.3) is 0 Å². The maximum Gasteiger partial charge on any atom is 0.270 e. The Kier molecular flexibility index (Phi) is 8.06. The van der Waals surface area contributed by atoms with Gasteiger partial charge >= 0.3 is 0 Å². The quantitative estimate of drug-likeness (QED) is 0.394. The molecule has 0 aliphatic carbocycles. The number of hydrogen-bond acceptors (Lipinski definition) is 7. The van der Waals surface area contributed by atoms with E-state index in [4.69, 9.17) is 4.55 Å². The molecule has 4 N–H and O–H groups in total. The molecule has 0 aromatic heterocycles. The minimum absolute atomic E-state index is 0.00672. The smallest absolute Gasteiger partial charge is 0.270 e. The van der Waals surface area contributed by atoms with E-state index < -0.39 is 30.5 Å². The van der Waals surface area contributed by atoms with Crippen molar-refractivity contribution in [3.8, 4) is 0 Å². The molecule has 0 atom stereocenters. The number of Topliss-reactive ketones (excluding diaryl/α,β-unsaturated/α-hetero) is 2. The third kappa shape index (κ3) is 7.58. The minimum Gasteiger partial charge on any atom is -0.308 e. The lowest BCUT2D eigenvalue weighted by Crippen LogP contribution is -2.31. The highest BCUT2D eigenvalue weighted by atomic mass is 32.3. The van der Waals surface area contributed by atoms with Gasteiger partial charge in [-0.2, -0.15) is 8.42 Å². The molecule has 24 heavy (non-hydrogen) atoms. The van der Waals surface area contributed by atoms with Crippen LogP contribution in [-0.4, -0.2) is 47.7 Å². The Morgan fingerprint density at radius 2 is 1.04 bits per heavy atom. The van der Waals surface area contributed by atoms with Gasteiger partial charge in [-0.05, 0) is 40.5 Å². The van der Waals surface area contributed by atoms with Crippen molar-refractivity contribution in [3.05, 3.63) is 0 Å². The summed E-state index contributed by atoms with van der Waals surface area (Å²) in [6.45, 7) is 5.49. The molecule has 0 unspecified atom stereocenters. The maximum absolute atomic E-state index is 11.8. The summed E-state index contributed by atoms with van der Waals surface area (Å²) in [5.41, 5.74) is 0. The van der Waals surface area contributed by atoms with Crippen molar-refractivity contribution in [2.45, 2.75) is 75.7 Å². The average molecular weight is 389 g/mol. The van der Waals surface area contributed by atoms with Gasteiger partial charge in [0, 0.05) is 25.7 Å². The van der Waals surface area contributed by atoms with Crippen LogP contribution in [-0.2, 0) is 19.7 Å². The lowest BCUT2D eigenvalue weighted by atomic mass is 9.99. The van der Waals surface area contributed by atoms with E-state index >= 15 is 0 Å². The molecule has 0 radical (unpaired) electrons. The molecule has 0 heterocycles. The van der Waals surface area contributed by atoms with Crippen molar-refractivity contribution >= 4 is 32.6 Å². The second-order valence-electron chi connectivity index (χ2n) is 7.09. The zero-order valence-electron chi connectivity index (χ0n) is 14.5. The van der Waals surface area contributed by atoms with E-state index in [-0.39, 0.29) is 50.1 Å². The van der Waals surface area contributed by atoms with Crippen molar-refractivity contribution < 1.29 is 36.2 Å². The van der Waals surface area contributed by atoms with Crippen LogP contribution in [0.2, 0.25) is 0 Å². The molecule has 0 fully saturated rings. The molecule has 0 bridgehead atoms. The first-order valence-corrected chi connectivity index (χ1v) is 10.4. The average Bonchev–Trinajstić information content (AvgIpc) is 2.38. The van der Waals surface area contributed by atoms with Crippen molar-refractivity contribution in [3.63, 3.8) is 0 Å². The molecule has 10 heteroatoms. The Morgan fingerprint density at radius 1 is 0.708 bits per heavy atom. The van der Waals surface area contributed by atoms with Gasteiger partial charge in [0.05, 0.1) is 20.4 Å². The Morgan fingerprint density at radius 3 is 1.33 bits per heavy atom. The molecule has 8 nitrogen and oxygen atoms in total. The second-order valence-corrected chi connectivity index (χ2v) is 11.3. The highest BCUT2D eigenvalue weighted by Gasteiger charge is 2.36. The summed E-state index contributed by atoms with van der Waals surface area (Å²) in [6.07, 6.45) is -0.135. The van der Waals surface area contributed by atoms with Gasteiger partial charge in [-0.15, -0.1) is 0 Å². The molecule has 0 saturated carbocycles. The van der Waals surface area contributed by atoms with Gasteiger partial charge in [-0.3, -0.25) is 14.1 Å². The van der Waals surface area contributed by atoms with E-state index in [1.165, 1.54) is 27.7 Å². The summed E-state index contributed by atoms with van der Waals surface area (Å²) in [7, 11) is -8.02. The molecule has 0 spiro atoms. The van der Waals surface area contributed by atoms with Gasteiger partial charge in [0.25, 0.3) is 10.1 Å². The van der Waals surface area contributed by atoms with E-state index in [0.717, 1.165) is 0 Å². The molecular formula is C14H28O8S2. The largest absolute Gasteiger partial charge is 0.308 e. The van der Waals surface area contributed by atoms with Gasteiger partial charge in [0.1, 0.15) is 11.6 Å². The minimum atomic E-state index is -4.26. The Hall–Kier alpha value is -0.520. The Labute approximate surface area is 145 Å². The summed E-state index contributed by atoms with van der Waals surface area (Å²) >= 11 is 0. The van der Waals surface area contributed by atoms with E-state index in [0.29, 0.717) is 0 Å². The van der Waals surface area contributed by atoms with Gasteiger partial charge in [0.2, 0.25) is 0 Å².